The molecule has 2 aromatic rings. The van der Waals surface area contributed by atoms with Crippen molar-refractivity contribution >= 4 is 15.9 Å². The topological polar surface area (TPSA) is 79.0 Å². The molecule has 2 fully saturated rings. The Morgan fingerprint density at radius 2 is 1.63 bits per heavy atom. The summed E-state index contributed by atoms with van der Waals surface area (Å²) in [6.45, 7) is 1.67. The van der Waals surface area contributed by atoms with Crippen LogP contribution in [-0.4, -0.2) is 62.9 Å². The fourth-order valence-corrected chi connectivity index (χ4v) is 5.19. The van der Waals surface area contributed by atoms with Gasteiger partial charge in [0.05, 0.1) is 12.0 Å². The minimum absolute atomic E-state index is 0.00448. The SMILES string of the molecule is COc1ccc(S(=O)(=O)N2CCN([C@H](C(=O)NC3CC3)c3ccccc3)CC2)cc1. The molecule has 1 aliphatic carbocycles. The molecule has 0 aromatic heterocycles. The third kappa shape index (κ3) is 4.50. The van der Waals surface area contributed by atoms with Gasteiger partial charge in [-0.2, -0.15) is 4.31 Å². The Morgan fingerprint density at radius 1 is 1.00 bits per heavy atom. The number of carbonyl (C=O) groups is 1. The van der Waals surface area contributed by atoms with Gasteiger partial charge in [-0.25, -0.2) is 8.42 Å². The van der Waals surface area contributed by atoms with E-state index >= 15 is 0 Å². The molecule has 7 nitrogen and oxygen atoms in total. The zero-order chi connectivity index (χ0) is 21.1. The van der Waals surface area contributed by atoms with Gasteiger partial charge in [0.25, 0.3) is 0 Å². The molecular formula is C22H27N3O4S. The van der Waals surface area contributed by atoms with E-state index in [9.17, 15) is 13.2 Å². The molecule has 160 valence electrons. The molecule has 1 saturated carbocycles. The first-order valence-electron chi connectivity index (χ1n) is 10.2. The molecule has 1 aliphatic heterocycles. The lowest BCUT2D eigenvalue weighted by molar-refractivity contribution is -0.127. The average molecular weight is 430 g/mol. The Bertz CT molecular complexity index is 967. The van der Waals surface area contributed by atoms with Gasteiger partial charge < -0.3 is 10.1 Å². The number of nitrogens with one attached hydrogen (secondary N) is 1. The van der Waals surface area contributed by atoms with Gasteiger partial charge in [-0.15, -0.1) is 0 Å². The average Bonchev–Trinajstić information content (AvgIpc) is 3.59. The number of rotatable bonds is 7. The summed E-state index contributed by atoms with van der Waals surface area (Å²) in [5.74, 6) is 0.612. The second-order valence-corrected chi connectivity index (χ2v) is 9.65. The Morgan fingerprint density at radius 3 is 2.20 bits per heavy atom. The number of benzene rings is 2. The van der Waals surface area contributed by atoms with E-state index in [1.165, 1.54) is 4.31 Å². The second kappa shape index (κ2) is 8.75. The zero-order valence-corrected chi connectivity index (χ0v) is 17.8. The maximum atomic E-state index is 13.0. The molecule has 0 radical (unpaired) electrons. The minimum atomic E-state index is -3.58. The predicted octanol–water partition coefficient (Wildman–Crippen LogP) is 2.02. The summed E-state index contributed by atoms with van der Waals surface area (Å²) in [7, 11) is -2.03. The number of methoxy groups -OCH3 is 1. The van der Waals surface area contributed by atoms with E-state index in [0.717, 1.165) is 18.4 Å². The third-order valence-corrected chi connectivity index (χ3v) is 7.54. The van der Waals surface area contributed by atoms with E-state index in [0.29, 0.717) is 31.9 Å². The molecule has 0 spiro atoms. The Hall–Kier alpha value is -2.42. The van der Waals surface area contributed by atoms with Crippen molar-refractivity contribution in [2.45, 2.75) is 29.8 Å². The first-order valence-corrected chi connectivity index (χ1v) is 11.7. The van der Waals surface area contributed by atoms with E-state index < -0.39 is 16.1 Å². The van der Waals surface area contributed by atoms with Crippen LogP contribution < -0.4 is 10.1 Å². The summed E-state index contributed by atoms with van der Waals surface area (Å²) < 4.78 is 32.6. The van der Waals surface area contributed by atoms with E-state index in [1.807, 2.05) is 30.3 Å². The van der Waals surface area contributed by atoms with Gasteiger partial charge >= 0.3 is 0 Å². The maximum Gasteiger partial charge on any atom is 0.243 e. The van der Waals surface area contributed by atoms with Gasteiger partial charge in [0.1, 0.15) is 11.8 Å². The normalized spacial score (nSPS) is 19.2. The van der Waals surface area contributed by atoms with Gasteiger partial charge in [0.15, 0.2) is 0 Å². The number of sulfonamides is 1. The molecule has 1 saturated heterocycles. The van der Waals surface area contributed by atoms with Crippen LogP contribution in [0.2, 0.25) is 0 Å². The molecule has 1 N–H and O–H groups in total. The fraction of sp³-hybridized carbons (Fsp3) is 0.409. The van der Waals surface area contributed by atoms with Crippen LogP contribution in [0.3, 0.4) is 0 Å². The molecule has 30 heavy (non-hydrogen) atoms. The van der Waals surface area contributed by atoms with Crippen molar-refractivity contribution in [3.05, 3.63) is 60.2 Å². The number of hydrogen-bond donors (Lipinski definition) is 1. The summed E-state index contributed by atoms with van der Waals surface area (Å²) in [5.41, 5.74) is 0.933. The standard InChI is InChI=1S/C22H27N3O4S/c1-29-19-9-11-20(12-10-19)30(27,28)25-15-13-24(14-16-25)21(17-5-3-2-4-6-17)22(26)23-18-7-8-18/h2-6,9-12,18,21H,7-8,13-16H2,1H3,(H,23,26)/t21-/m0/s1. The van der Waals surface area contributed by atoms with Crippen molar-refractivity contribution in [2.75, 3.05) is 33.3 Å². The monoisotopic (exact) mass is 429 g/mol. The van der Waals surface area contributed by atoms with Crippen molar-refractivity contribution in [2.24, 2.45) is 0 Å². The number of nitrogens with zero attached hydrogens (tertiary/aromatic N) is 2. The smallest absolute Gasteiger partial charge is 0.243 e. The summed E-state index contributed by atoms with van der Waals surface area (Å²) in [6, 6.07) is 16.0. The Labute approximate surface area is 177 Å². The second-order valence-electron chi connectivity index (χ2n) is 7.71. The van der Waals surface area contributed by atoms with E-state index in [2.05, 4.69) is 10.2 Å². The van der Waals surface area contributed by atoms with Crippen LogP contribution in [0.4, 0.5) is 0 Å². The van der Waals surface area contributed by atoms with Crippen LogP contribution in [0.1, 0.15) is 24.4 Å². The fourth-order valence-electron chi connectivity index (χ4n) is 3.77. The summed E-state index contributed by atoms with van der Waals surface area (Å²) in [5, 5.41) is 3.10. The van der Waals surface area contributed by atoms with Crippen molar-refractivity contribution in [3.8, 4) is 5.75 Å². The van der Waals surface area contributed by atoms with Gasteiger partial charge in [0, 0.05) is 32.2 Å². The van der Waals surface area contributed by atoms with E-state index in [1.54, 1.807) is 31.4 Å². The van der Waals surface area contributed by atoms with E-state index in [4.69, 9.17) is 4.74 Å². The molecule has 1 atom stereocenters. The molecule has 8 heteroatoms. The van der Waals surface area contributed by atoms with E-state index in [-0.39, 0.29) is 16.8 Å². The number of carbonyl (C=O) groups excluding carboxylic acids is 1. The highest BCUT2D eigenvalue weighted by atomic mass is 32.2. The summed E-state index contributed by atoms with van der Waals surface area (Å²) >= 11 is 0. The van der Waals surface area contributed by atoms with Crippen LogP contribution >= 0.6 is 0 Å². The van der Waals surface area contributed by atoms with Crippen molar-refractivity contribution in [1.82, 2.24) is 14.5 Å². The quantitative estimate of drug-likeness (QED) is 0.729. The number of amides is 1. The largest absolute Gasteiger partial charge is 0.497 e. The molecular weight excluding hydrogens is 402 g/mol. The van der Waals surface area contributed by atoms with Crippen LogP contribution in [0.5, 0.6) is 5.75 Å². The lowest BCUT2D eigenvalue weighted by atomic mass is 10.0. The highest BCUT2D eigenvalue weighted by Crippen LogP contribution is 2.27. The highest BCUT2D eigenvalue weighted by molar-refractivity contribution is 7.89. The van der Waals surface area contributed by atoms with Gasteiger partial charge in [0.2, 0.25) is 15.9 Å². The Kier molecular flexibility index (Phi) is 6.08. The molecule has 0 bridgehead atoms. The van der Waals surface area contributed by atoms with Gasteiger partial charge in [-0.1, -0.05) is 30.3 Å². The Balaban J connectivity index is 1.47. The number of hydrogen-bond acceptors (Lipinski definition) is 5. The lowest BCUT2D eigenvalue weighted by Crippen LogP contribution is -2.52. The predicted molar refractivity (Wildman–Crippen MR) is 114 cm³/mol. The summed E-state index contributed by atoms with van der Waals surface area (Å²) in [6.07, 6.45) is 2.06. The summed E-state index contributed by atoms with van der Waals surface area (Å²) in [4.78, 5) is 15.3. The van der Waals surface area contributed by atoms with Gasteiger partial charge in [-0.3, -0.25) is 9.69 Å². The van der Waals surface area contributed by atoms with Crippen LogP contribution in [0.25, 0.3) is 0 Å². The van der Waals surface area contributed by atoms with Crippen LogP contribution in [0.15, 0.2) is 59.5 Å². The van der Waals surface area contributed by atoms with Gasteiger partial charge in [-0.05, 0) is 42.7 Å². The van der Waals surface area contributed by atoms with Crippen molar-refractivity contribution in [3.63, 3.8) is 0 Å². The van der Waals surface area contributed by atoms with Crippen LogP contribution in [-0.2, 0) is 14.8 Å². The molecule has 1 amide bonds. The first kappa shape index (κ1) is 20.8. The highest BCUT2D eigenvalue weighted by Gasteiger charge is 2.36. The minimum Gasteiger partial charge on any atom is -0.497 e. The molecule has 0 unspecified atom stereocenters. The number of ether oxygens (including phenoxy) is 1. The van der Waals surface area contributed by atoms with Crippen molar-refractivity contribution in [1.29, 1.82) is 0 Å². The zero-order valence-electron chi connectivity index (χ0n) is 17.0. The van der Waals surface area contributed by atoms with Crippen molar-refractivity contribution < 1.29 is 17.9 Å². The lowest BCUT2D eigenvalue weighted by Gasteiger charge is -2.38. The molecule has 4 rings (SSSR count). The maximum absolute atomic E-state index is 13.0. The molecule has 2 aromatic carbocycles. The molecule has 1 heterocycles. The number of piperazine rings is 1. The third-order valence-electron chi connectivity index (χ3n) is 5.62. The molecule has 2 aliphatic rings. The first-order chi connectivity index (χ1) is 14.5. The van der Waals surface area contributed by atoms with Crippen LogP contribution in [0, 0.1) is 0 Å².